The maximum atomic E-state index is 3.20. The number of rotatable bonds is 9. The van der Waals surface area contributed by atoms with Crippen molar-refractivity contribution in [2.75, 3.05) is 31.6 Å². The molecule has 1 N–H and O–H groups in total. The molecular formula is C16H28N2. The number of nitrogens with zero attached hydrogens (tertiary/aromatic N) is 1. The van der Waals surface area contributed by atoms with Crippen molar-refractivity contribution in [1.29, 1.82) is 0 Å². The van der Waals surface area contributed by atoms with Gasteiger partial charge in [0.1, 0.15) is 0 Å². The minimum atomic E-state index is 1.10. The van der Waals surface area contributed by atoms with Crippen molar-refractivity contribution in [2.24, 2.45) is 0 Å². The second-order valence-corrected chi connectivity index (χ2v) is 4.93. The molecule has 0 aliphatic heterocycles. The summed E-state index contributed by atoms with van der Waals surface area (Å²) in [5.41, 5.74) is 2.69. The van der Waals surface area contributed by atoms with E-state index in [1.165, 1.54) is 43.5 Å². The molecule has 0 atom stereocenters. The van der Waals surface area contributed by atoms with Crippen molar-refractivity contribution in [1.82, 2.24) is 5.32 Å². The highest BCUT2D eigenvalue weighted by Crippen LogP contribution is 2.15. The number of hydrogen-bond donors (Lipinski definition) is 1. The number of aryl methyl sites for hydroxylation is 1. The summed E-state index contributed by atoms with van der Waals surface area (Å²) >= 11 is 0. The van der Waals surface area contributed by atoms with Gasteiger partial charge < -0.3 is 10.2 Å². The van der Waals surface area contributed by atoms with Gasteiger partial charge in [0.2, 0.25) is 0 Å². The number of hydrogen-bond acceptors (Lipinski definition) is 2. The Morgan fingerprint density at radius 1 is 1.00 bits per heavy atom. The molecule has 1 rings (SSSR count). The molecule has 0 fully saturated rings. The van der Waals surface area contributed by atoms with Gasteiger partial charge in [0, 0.05) is 18.8 Å². The number of nitrogens with one attached hydrogen (secondary N) is 1. The van der Waals surface area contributed by atoms with Gasteiger partial charge in [-0.15, -0.1) is 0 Å². The summed E-state index contributed by atoms with van der Waals surface area (Å²) in [4.78, 5) is 2.47. The zero-order chi connectivity index (χ0) is 13.2. The summed E-state index contributed by atoms with van der Waals surface area (Å²) in [7, 11) is 2.02. The summed E-state index contributed by atoms with van der Waals surface area (Å²) in [5.74, 6) is 0. The van der Waals surface area contributed by atoms with E-state index in [1.54, 1.807) is 0 Å². The Balaban J connectivity index is 2.27. The molecule has 1 aromatic rings. The van der Waals surface area contributed by atoms with Gasteiger partial charge in [0.25, 0.3) is 0 Å². The molecule has 0 radical (unpaired) electrons. The van der Waals surface area contributed by atoms with Gasteiger partial charge in [-0.2, -0.15) is 0 Å². The van der Waals surface area contributed by atoms with E-state index in [9.17, 15) is 0 Å². The van der Waals surface area contributed by atoms with Crippen molar-refractivity contribution in [3.63, 3.8) is 0 Å². The number of anilines is 1. The van der Waals surface area contributed by atoms with E-state index in [1.807, 2.05) is 7.05 Å². The molecule has 0 aromatic heterocycles. The summed E-state index contributed by atoms with van der Waals surface area (Å²) in [6, 6.07) is 8.87. The van der Waals surface area contributed by atoms with E-state index >= 15 is 0 Å². The molecule has 0 aliphatic rings. The molecule has 18 heavy (non-hydrogen) atoms. The predicted octanol–water partition coefficient (Wildman–Crippen LogP) is 3.60. The smallest absolute Gasteiger partial charge is 0.0366 e. The van der Waals surface area contributed by atoms with Crippen LogP contribution < -0.4 is 10.2 Å². The van der Waals surface area contributed by atoms with Gasteiger partial charge in [-0.05, 0) is 52.4 Å². The van der Waals surface area contributed by atoms with Crippen LogP contribution in [0.15, 0.2) is 24.3 Å². The van der Waals surface area contributed by atoms with Crippen LogP contribution >= 0.6 is 0 Å². The molecule has 0 spiro atoms. The summed E-state index contributed by atoms with van der Waals surface area (Å²) in [6.45, 7) is 7.80. The predicted molar refractivity (Wildman–Crippen MR) is 81.5 cm³/mol. The molecule has 0 saturated heterocycles. The Kier molecular flexibility index (Phi) is 7.51. The lowest BCUT2D eigenvalue weighted by Gasteiger charge is -2.23. The fourth-order valence-corrected chi connectivity index (χ4v) is 2.18. The Bertz CT molecular complexity index is 305. The van der Waals surface area contributed by atoms with Crippen molar-refractivity contribution >= 4 is 5.69 Å². The third-order valence-corrected chi connectivity index (χ3v) is 3.39. The molecule has 1 aromatic carbocycles. The molecular weight excluding hydrogens is 220 g/mol. The Hall–Kier alpha value is -1.02. The maximum Gasteiger partial charge on any atom is 0.0366 e. The highest BCUT2D eigenvalue weighted by Gasteiger charge is 2.03. The lowest BCUT2D eigenvalue weighted by atomic mass is 10.1. The Labute approximate surface area is 112 Å². The van der Waals surface area contributed by atoms with Crippen LogP contribution in [0.3, 0.4) is 0 Å². The van der Waals surface area contributed by atoms with Gasteiger partial charge in [-0.1, -0.05) is 30.5 Å². The fourth-order valence-electron chi connectivity index (χ4n) is 2.18. The highest BCUT2D eigenvalue weighted by molar-refractivity contribution is 5.47. The zero-order valence-electron chi connectivity index (χ0n) is 12.2. The van der Waals surface area contributed by atoms with Gasteiger partial charge in [0.15, 0.2) is 0 Å². The van der Waals surface area contributed by atoms with E-state index in [2.05, 4.69) is 48.3 Å². The van der Waals surface area contributed by atoms with Crippen molar-refractivity contribution in [2.45, 2.75) is 39.5 Å². The van der Waals surface area contributed by atoms with E-state index in [0.717, 1.165) is 13.1 Å². The van der Waals surface area contributed by atoms with Crippen LogP contribution in [-0.4, -0.2) is 26.7 Å². The highest BCUT2D eigenvalue weighted by atomic mass is 15.1. The average molecular weight is 248 g/mol. The second-order valence-electron chi connectivity index (χ2n) is 4.93. The average Bonchev–Trinajstić information content (AvgIpc) is 2.39. The molecule has 0 heterocycles. The van der Waals surface area contributed by atoms with Crippen molar-refractivity contribution < 1.29 is 0 Å². The SMILES string of the molecule is CCN(CCCCCCNC)c1ccc(C)cc1. The van der Waals surface area contributed by atoms with Crippen molar-refractivity contribution in [3.8, 4) is 0 Å². The van der Waals surface area contributed by atoms with Gasteiger partial charge >= 0.3 is 0 Å². The Morgan fingerprint density at radius 2 is 1.67 bits per heavy atom. The van der Waals surface area contributed by atoms with E-state index in [-0.39, 0.29) is 0 Å². The van der Waals surface area contributed by atoms with Crippen LogP contribution in [0.1, 0.15) is 38.2 Å². The van der Waals surface area contributed by atoms with E-state index in [4.69, 9.17) is 0 Å². The van der Waals surface area contributed by atoms with E-state index in [0.29, 0.717) is 0 Å². The Morgan fingerprint density at radius 3 is 2.28 bits per heavy atom. The molecule has 0 saturated carbocycles. The van der Waals surface area contributed by atoms with Crippen LogP contribution in [0.2, 0.25) is 0 Å². The maximum absolute atomic E-state index is 3.20. The van der Waals surface area contributed by atoms with Gasteiger partial charge in [0.05, 0.1) is 0 Å². The normalized spacial score (nSPS) is 10.6. The van der Waals surface area contributed by atoms with Crippen molar-refractivity contribution in [3.05, 3.63) is 29.8 Å². The lowest BCUT2D eigenvalue weighted by Crippen LogP contribution is -2.23. The summed E-state index contributed by atoms with van der Waals surface area (Å²) < 4.78 is 0. The van der Waals surface area contributed by atoms with Crippen LogP contribution in [0.25, 0.3) is 0 Å². The molecule has 0 aliphatic carbocycles. The van der Waals surface area contributed by atoms with Gasteiger partial charge in [-0.3, -0.25) is 0 Å². The molecule has 102 valence electrons. The van der Waals surface area contributed by atoms with Crippen LogP contribution in [0.5, 0.6) is 0 Å². The minimum absolute atomic E-state index is 1.10. The third kappa shape index (κ3) is 5.54. The summed E-state index contributed by atoms with van der Waals surface area (Å²) in [6.07, 6.45) is 5.27. The summed E-state index contributed by atoms with van der Waals surface area (Å²) in [5, 5.41) is 3.20. The van der Waals surface area contributed by atoms with Crippen LogP contribution in [0, 0.1) is 6.92 Å². The monoisotopic (exact) mass is 248 g/mol. The topological polar surface area (TPSA) is 15.3 Å². The van der Waals surface area contributed by atoms with Crippen LogP contribution in [-0.2, 0) is 0 Å². The molecule has 0 bridgehead atoms. The lowest BCUT2D eigenvalue weighted by molar-refractivity contribution is 0.609. The molecule has 2 nitrogen and oxygen atoms in total. The fraction of sp³-hybridized carbons (Fsp3) is 0.625. The zero-order valence-corrected chi connectivity index (χ0v) is 12.2. The molecule has 0 amide bonds. The first-order valence-electron chi connectivity index (χ1n) is 7.24. The first-order chi connectivity index (χ1) is 8.77. The number of unbranched alkanes of at least 4 members (excludes halogenated alkanes) is 3. The number of benzene rings is 1. The molecule has 0 unspecified atom stereocenters. The van der Waals surface area contributed by atoms with E-state index < -0.39 is 0 Å². The third-order valence-electron chi connectivity index (χ3n) is 3.39. The largest absolute Gasteiger partial charge is 0.372 e. The second kappa shape index (κ2) is 8.98. The van der Waals surface area contributed by atoms with Gasteiger partial charge in [-0.25, -0.2) is 0 Å². The molecule has 2 heteroatoms. The van der Waals surface area contributed by atoms with Crippen LogP contribution in [0.4, 0.5) is 5.69 Å². The minimum Gasteiger partial charge on any atom is -0.372 e. The first kappa shape index (κ1) is 15.0. The first-order valence-corrected chi connectivity index (χ1v) is 7.24. The standard InChI is InChI=1S/C16H28N2/c1-4-18(14-8-6-5-7-13-17-3)16-11-9-15(2)10-12-16/h9-12,17H,4-8,13-14H2,1-3H3. The quantitative estimate of drug-likeness (QED) is 0.672.